The van der Waals surface area contributed by atoms with Crippen molar-refractivity contribution in [2.24, 2.45) is 0 Å². The van der Waals surface area contributed by atoms with Gasteiger partial charge in [0.25, 0.3) is 5.91 Å². The molecule has 0 unspecified atom stereocenters. The highest BCUT2D eigenvalue weighted by atomic mass is 16.5. The summed E-state index contributed by atoms with van der Waals surface area (Å²) >= 11 is 0. The molecule has 4 aromatic rings. The average molecular weight is 359 g/mol. The minimum atomic E-state index is -0.337. The molecule has 0 spiro atoms. The average Bonchev–Trinajstić information content (AvgIpc) is 3.37. The van der Waals surface area contributed by atoms with Crippen LogP contribution >= 0.6 is 0 Å². The van der Waals surface area contributed by atoms with E-state index in [0.717, 1.165) is 11.3 Å². The van der Waals surface area contributed by atoms with E-state index in [1.165, 1.54) is 4.80 Å². The summed E-state index contributed by atoms with van der Waals surface area (Å²) in [4.78, 5) is 13.8. The SMILES string of the molecule is O=C(NCc1cnn(-c2ccccc2)n1)c1cc(Cc2ccccc2)no1. The van der Waals surface area contributed by atoms with Crippen molar-refractivity contribution in [3.63, 3.8) is 0 Å². The normalized spacial score (nSPS) is 10.7. The summed E-state index contributed by atoms with van der Waals surface area (Å²) < 4.78 is 5.16. The van der Waals surface area contributed by atoms with Gasteiger partial charge in [-0.1, -0.05) is 53.7 Å². The van der Waals surface area contributed by atoms with Gasteiger partial charge in [-0.3, -0.25) is 4.79 Å². The van der Waals surface area contributed by atoms with Gasteiger partial charge in [0.2, 0.25) is 5.76 Å². The maximum Gasteiger partial charge on any atom is 0.290 e. The third kappa shape index (κ3) is 4.09. The van der Waals surface area contributed by atoms with Crippen LogP contribution in [-0.2, 0) is 13.0 Å². The lowest BCUT2D eigenvalue weighted by molar-refractivity contribution is 0.0913. The lowest BCUT2D eigenvalue weighted by Gasteiger charge is -1.99. The standard InChI is InChI=1S/C20H17N5O2/c26-20(19-12-16(24-27-19)11-15-7-3-1-4-8-15)21-13-17-14-22-25(23-17)18-9-5-2-6-10-18/h1-10,12,14H,11,13H2,(H,21,26). The van der Waals surface area contributed by atoms with Crippen molar-refractivity contribution in [1.29, 1.82) is 0 Å². The van der Waals surface area contributed by atoms with E-state index in [2.05, 4.69) is 20.7 Å². The molecule has 0 saturated carbocycles. The zero-order valence-electron chi connectivity index (χ0n) is 14.4. The number of aromatic nitrogens is 4. The van der Waals surface area contributed by atoms with E-state index in [0.29, 0.717) is 17.8 Å². The van der Waals surface area contributed by atoms with Gasteiger partial charge in [0.05, 0.1) is 24.1 Å². The molecule has 0 fully saturated rings. The first kappa shape index (κ1) is 16.7. The minimum absolute atomic E-state index is 0.177. The molecule has 0 bridgehead atoms. The van der Waals surface area contributed by atoms with Crippen molar-refractivity contribution in [3.8, 4) is 5.69 Å². The Morgan fingerprint density at radius 2 is 1.74 bits per heavy atom. The second-order valence-corrected chi connectivity index (χ2v) is 5.99. The molecule has 0 aliphatic rings. The summed E-state index contributed by atoms with van der Waals surface area (Å²) in [6.45, 7) is 0.250. The molecule has 2 heterocycles. The van der Waals surface area contributed by atoms with Crippen LogP contribution in [0.2, 0.25) is 0 Å². The molecule has 0 radical (unpaired) electrons. The molecule has 1 amide bonds. The van der Waals surface area contributed by atoms with Gasteiger partial charge in [-0.05, 0) is 17.7 Å². The van der Waals surface area contributed by atoms with Gasteiger partial charge in [-0.2, -0.15) is 15.0 Å². The maximum absolute atomic E-state index is 12.3. The van der Waals surface area contributed by atoms with Crippen LogP contribution in [0.15, 0.2) is 77.4 Å². The van der Waals surface area contributed by atoms with E-state index in [1.54, 1.807) is 12.3 Å². The fraction of sp³-hybridized carbons (Fsp3) is 0.100. The van der Waals surface area contributed by atoms with Crippen molar-refractivity contribution < 1.29 is 9.32 Å². The Morgan fingerprint density at radius 3 is 2.52 bits per heavy atom. The van der Waals surface area contributed by atoms with Crippen molar-refractivity contribution in [2.75, 3.05) is 0 Å². The quantitative estimate of drug-likeness (QED) is 0.572. The third-order valence-electron chi connectivity index (χ3n) is 3.97. The van der Waals surface area contributed by atoms with Gasteiger partial charge in [0, 0.05) is 12.5 Å². The molecule has 0 saturated heterocycles. The number of para-hydroxylation sites is 1. The Kier molecular flexibility index (Phi) is 4.74. The molecule has 7 heteroatoms. The number of nitrogens with zero attached hydrogens (tertiary/aromatic N) is 4. The summed E-state index contributed by atoms with van der Waals surface area (Å²) in [6.07, 6.45) is 2.23. The predicted octanol–water partition coefficient (Wildman–Crippen LogP) is 2.78. The van der Waals surface area contributed by atoms with Gasteiger partial charge in [-0.25, -0.2) is 0 Å². The van der Waals surface area contributed by atoms with Gasteiger partial charge in [0.1, 0.15) is 5.69 Å². The summed E-state index contributed by atoms with van der Waals surface area (Å²) in [5.41, 5.74) is 3.32. The Hall–Kier alpha value is -3.74. The van der Waals surface area contributed by atoms with Gasteiger partial charge >= 0.3 is 0 Å². The highest BCUT2D eigenvalue weighted by Gasteiger charge is 2.14. The van der Waals surface area contributed by atoms with Crippen LogP contribution in [0, 0.1) is 0 Å². The Bertz CT molecular complexity index is 1020. The van der Waals surface area contributed by atoms with Crippen LogP contribution in [0.25, 0.3) is 5.69 Å². The number of rotatable bonds is 6. The van der Waals surface area contributed by atoms with Gasteiger partial charge in [0.15, 0.2) is 0 Å². The van der Waals surface area contributed by atoms with Crippen LogP contribution in [-0.4, -0.2) is 26.1 Å². The number of hydrogen-bond acceptors (Lipinski definition) is 5. The number of amides is 1. The van der Waals surface area contributed by atoms with E-state index in [-0.39, 0.29) is 18.2 Å². The molecule has 0 aliphatic carbocycles. The fourth-order valence-corrected chi connectivity index (χ4v) is 2.63. The highest BCUT2D eigenvalue weighted by Crippen LogP contribution is 2.10. The topological polar surface area (TPSA) is 85.8 Å². The minimum Gasteiger partial charge on any atom is -0.351 e. The monoisotopic (exact) mass is 359 g/mol. The van der Waals surface area contributed by atoms with E-state index >= 15 is 0 Å². The number of carbonyl (C=O) groups is 1. The van der Waals surface area contributed by atoms with Gasteiger partial charge < -0.3 is 9.84 Å². The second kappa shape index (κ2) is 7.65. The largest absolute Gasteiger partial charge is 0.351 e. The van der Waals surface area contributed by atoms with E-state index < -0.39 is 0 Å². The maximum atomic E-state index is 12.3. The lowest BCUT2D eigenvalue weighted by atomic mass is 10.1. The molecular formula is C20H17N5O2. The molecule has 4 rings (SSSR count). The molecule has 2 aromatic heterocycles. The van der Waals surface area contributed by atoms with E-state index in [9.17, 15) is 4.79 Å². The number of hydrogen-bond donors (Lipinski definition) is 1. The van der Waals surface area contributed by atoms with Crippen LogP contribution < -0.4 is 5.32 Å². The Morgan fingerprint density at radius 1 is 1.00 bits per heavy atom. The smallest absolute Gasteiger partial charge is 0.290 e. The van der Waals surface area contributed by atoms with Crippen LogP contribution in [0.3, 0.4) is 0 Å². The summed E-state index contributed by atoms with van der Waals surface area (Å²) in [5, 5.41) is 15.3. The zero-order valence-corrected chi connectivity index (χ0v) is 14.4. The first-order valence-corrected chi connectivity index (χ1v) is 8.52. The van der Waals surface area contributed by atoms with Crippen molar-refractivity contribution in [1.82, 2.24) is 25.5 Å². The van der Waals surface area contributed by atoms with Crippen molar-refractivity contribution in [2.45, 2.75) is 13.0 Å². The third-order valence-corrected chi connectivity index (χ3v) is 3.97. The number of carbonyl (C=O) groups excluding carboxylic acids is 1. The predicted molar refractivity (Wildman–Crippen MR) is 98.3 cm³/mol. The second-order valence-electron chi connectivity index (χ2n) is 5.99. The number of benzene rings is 2. The number of nitrogens with one attached hydrogen (secondary N) is 1. The highest BCUT2D eigenvalue weighted by molar-refractivity contribution is 5.91. The summed E-state index contributed by atoms with van der Waals surface area (Å²) in [6, 6.07) is 21.1. The van der Waals surface area contributed by atoms with Crippen molar-refractivity contribution >= 4 is 5.91 Å². The molecule has 134 valence electrons. The van der Waals surface area contributed by atoms with Crippen molar-refractivity contribution in [3.05, 3.63) is 95.6 Å². The molecule has 1 N–H and O–H groups in total. The molecule has 0 atom stereocenters. The molecule has 2 aromatic carbocycles. The van der Waals surface area contributed by atoms with E-state index in [1.807, 2.05) is 60.7 Å². The Labute approximate surface area is 155 Å². The van der Waals surface area contributed by atoms with Gasteiger partial charge in [-0.15, -0.1) is 0 Å². The zero-order chi connectivity index (χ0) is 18.5. The van der Waals surface area contributed by atoms with E-state index in [4.69, 9.17) is 4.52 Å². The molecule has 7 nitrogen and oxygen atoms in total. The van der Waals surface area contributed by atoms with Crippen LogP contribution in [0.1, 0.15) is 27.5 Å². The Balaban J connectivity index is 1.35. The lowest BCUT2D eigenvalue weighted by Crippen LogP contribution is -2.22. The summed E-state index contributed by atoms with van der Waals surface area (Å²) in [5.74, 6) is -0.160. The molecule has 27 heavy (non-hydrogen) atoms. The summed E-state index contributed by atoms with van der Waals surface area (Å²) in [7, 11) is 0. The first-order chi connectivity index (χ1) is 13.3. The molecule has 0 aliphatic heterocycles. The van der Waals surface area contributed by atoms with Crippen LogP contribution in [0.5, 0.6) is 0 Å². The molecular weight excluding hydrogens is 342 g/mol. The first-order valence-electron chi connectivity index (χ1n) is 8.52. The van der Waals surface area contributed by atoms with Crippen LogP contribution in [0.4, 0.5) is 0 Å². The fourth-order valence-electron chi connectivity index (χ4n) is 2.63.